The van der Waals surface area contributed by atoms with Crippen molar-refractivity contribution in [2.24, 2.45) is 5.92 Å². The Kier molecular flexibility index (Phi) is 6.16. The SMILES string of the molecule is CNC(=O)C1CC(=O)N(c2ccc(OCC(=O)Nc3cccc(Cl)c3)cc2)C1. The van der Waals surface area contributed by atoms with Crippen molar-refractivity contribution >= 4 is 40.7 Å². The van der Waals surface area contributed by atoms with Gasteiger partial charge in [-0.2, -0.15) is 0 Å². The third kappa shape index (κ3) is 4.80. The third-order valence-electron chi connectivity index (χ3n) is 4.37. The second-order valence-corrected chi connectivity index (χ2v) is 6.80. The number of amides is 3. The molecule has 146 valence electrons. The lowest BCUT2D eigenvalue weighted by molar-refractivity contribution is -0.125. The van der Waals surface area contributed by atoms with Crippen LogP contribution in [0.2, 0.25) is 5.02 Å². The number of anilines is 2. The van der Waals surface area contributed by atoms with Crippen molar-refractivity contribution in [3.63, 3.8) is 0 Å². The minimum absolute atomic E-state index is 0.0943. The van der Waals surface area contributed by atoms with Crippen LogP contribution in [0, 0.1) is 5.92 Å². The molecule has 7 nitrogen and oxygen atoms in total. The first-order valence-electron chi connectivity index (χ1n) is 8.76. The van der Waals surface area contributed by atoms with E-state index in [1.54, 1.807) is 60.5 Å². The number of nitrogens with zero attached hydrogens (tertiary/aromatic N) is 1. The average molecular weight is 402 g/mol. The quantitative estimate of drug-likeness (QED) is 0.778. The van der Waals surface area contributed by atoms with Gasteiger partial charge >= 0.3 is 0 Å². The van der Waals surface area contributed by atoms with Crippen LogP contribution in [0.3, 0.4) is 0 Å². The highest BCUT2D eigenvalue weighted by Crippen LogP contribution is 2.27. The van der Waals surface area contributed by atoms with Crippen molar-refractivity contribution in [1.82, 2.24) is 5.32 Å². The molecule has 28 heavy (non-hydrogen) atoms. The normalized spacial score (nSPS) is 16.0. The van der Waals surface area contributed by atoms with Crippen molar-refractivity contribution in [2.45, 2.75) is 6.42 Å². The molecule has 2 aromatic carbocycles. The van der Waals surface area contributed by atoms with Gasteiger partial charge in [-0.25, -0.2) is 0 Å². The lowest BCUT2D eigenvalue weighted by Crippen LogP contribution is -2.30. The second kappa shape index (κ2) is 8.75. The van der Waals surface area contributed by atoms with Crippen molar-refractivity contribution in [3.8, 4) is 5.75 Å². The molecule has 1 aliphatic heterocycles. The Labute approximate surface area is 167 Å². The molecular weight excluding hydrogens is 382 g/mol. The second-order valence-electron chi connectivity index (χ2n) is 6.36. The van der Waals surface area contributed by atoms with Gasteiger partial charge in [-0.1, -0.05) is 17.7 Å². The van der Waals surface area contributed by atoms with Crippen LogP contribution >= 0.6 is 11.6 Å². The number of carbonyl (C=O) groups excluding carboxylic acids is 3. The van der Waals surface area contributed by atoms with E-state index in [1.807, 2.05) is 0 Å². The van der Waals surface area contributed by atoms with Crippen molar-refractivity contribution < 1.29 is 19.1 Å². The maximum atomic E-state index is 12.2. The van der Waals surface area contributed by atoms with Crippen LogP contribution in [0.4, 0.5) is 11.4 Å². The molecule has 2 aromatic rings. The molecule has 0 radical (unpaired) electrons. The first-order chi connectivity index (χ1) is 13.5. The summed E-state index contributed by atoms with van der Waals surface area (Å²) in [5.74, 6) is -0.387. The van der Waals surface area contributed by atoms with Gasteiger partial charge in [-0.05, 0) is 42.5 Å². The molecule has 1 heterocycles. The van der Waals surface area contributed by atoms with E-state index in [-0.39, 0.29) is 36.7 Å². The monoisotopic (exact) mass is 401 g/mol. The number of hydrogen-bond donors (Lipinski definition) is 2. The molecule has 1 aliphatic rings. The van der Waals surface area contributed by atoms with Crippen LogP contribution in [-0.2, 0) is 14.4 Å². The van der Waals surface area contributed by atoms with Gasteiger partial charge in [0, 0.05) is 36.4 Å². The number of carbonyl (C=O) groups is 3. The molecule has 3 amide bonds. The molecule has 2 N–H and O–H groups in total. The minimum Gasteiger partial charge on any atom is -0.484 e. The summed E-state index contributed by atoms with van der Waals surface area (Å²) in [5, 5.41) is 5.80. The van der Waals surface area contributed by atoms with Gasteiger partial charge in [0.05, 0.1) is 5.92 Å². The summed E-state index contributed by atoms with van der Waals surface area (Å²) in [6, 6.07) is 13.7. The van der Waals surface area contributed by atoms with Crippen molar-refractivity contribution in [1.29, 1.82) is 0 Å². The smallest absolute Gasteiger partial charge is 0.262 e. The topological polar surface area (TPSA) is 87.7 Å². The van der Waals surface area contributed by atoms with E-state index in [1.165, 1.54) is 0 Å². The summed E-state index contributed by atoms with van der Waals surface area (Å²) in [7, 11) is 1.56. The first kappa shape index (κ1) is 19.7. The predicted molar refractivity (Wildman–Crippen MR) is 107 cm³/mol. The van der Waals surface area contributed by atoms with E-state index in [0.717, 1.165) is 0 Å². The Morgan fingerprint density at radius 1 is 1.21 bits per heavy atom. The van der Waals surface area contributed by atoms with E-state index in [9.17, 15) is 14.4 Å². The van der Waals surface area contributed by atoms with E-state index >= 15 is 0 Å². The molecule has 0 spiro atoms. The summed E-state index contributed by atoms with van der Waals surface area (Å²) in [6.45, 7) is 0.188. The zero-order valence-electron chi connectivity index (χ0n) is 15.3. The fraction of sp³-hybridized carbons (Fsp3) is 0.250. The average Bonchev–Trinajstić information content (AvgIpc) is 3.08. The summed E-state index contributed by atoms with van der Waals surface area (Å²) >= 11 is 5.88. The van der Waals surface area contributed by atoms with Crippen LogP contribution in [0.15, 0.2) is 48.5 Å². The lowest BCUT2D eigenvalue weighted by Gasteiger charge is -2.17. The molecule has 1 saturated heterocycles. The molecule has 0 aromatic heterocycles. The molecule has 8 heteroatoms. The van der Waals surface area contributed by atoms with Gasteiger partial charge in [0.2, 0.25) is 11.8 Å². The molecule has 0 bridgehead atoms. The lowest BCUT2D eigenvalue weighted by atomic mass is 10.1. The highest BCUT2D eigenvalue weighted by atomic mass is 35.5. The Morgan fingerprint density at radius 2 is 1.96 bits per heavy atom. The number of rotatable bonds is 6. The Bertz CT molecular complexity index is 885. The third-order valence-corrected chi connectivity index (χ3v) is 4.60. The Balaban J connectivity index is 1.54. The van der Waals surface area contributed by atoms with E-state index in [2.05, 4.69) is 10.6 Å². The number of nitrogens with one attached hydrogen (secondary N) is 2. The summed E-state index contributed by atoms with van der Waals surface area (Å²) in [5.41, 5.74) is 1.28. The fourth-order valence-electron chi connectivity index (χ4n) is 2.97. The molecule has 1 unspecified atom stereocenters. The molecule has 3 rings (SSSR count). The molecule has 0 saturated carbocycles. The maximum absolute atomic E-state index is 12.2. The van der Waals surface area contributed by atoms with Gasteiger partial charge in [0.25, 0.3) is 5.91 Å². The highest BCUT2D eigenvalue weighted by molar-refractivity contribution is 6.30. The first-order valence-corrected chi connectivity index (χ1v) is 9.14. The number of ether oxygens (including phenoxy) is 1. The van der Waals surface area contributed by atoms with Crippen LogP contribution in [0.5, 0.6) is 5.75 Å². The van der Waals surface area contributed by atoms with Gasteiger partial charge in [0.1, 0.15) is 5.75 Å². The van der Waals surface area contributed by atoms with Crippen molar-refractivity contribution in [2.75, 3.05) is 30.4 Å². The van der Waals surface area contributed by atoms with Crippen LogP contribution in [-0.4, -0.2) is 37.9 Å². The minimum atomic E-state index is -0.344. The Morgan fingerprint density at radius 3 is 2.64 bits per heavy atom. The van der Waals surface area contributed by atoms with E-state index < -0.39 is 0 Å². The van der Waals surface area contributed by atoms with E-state index in [4.69, 9.17) is 16.3 Å². The molecule has 0 aliphatic carbocycles. The fourth-order valence-corrected chi connectivity index (χ4v) is 3.16. The zero-order chi connectivity index (χ0) is 20.1. The number of halogens is 1. The van der Waals surface area contributed by atoms with Gasteiger partial charge in [0.15, 0.2) is 6.61 Å². The van der Waals surface area contributed by atoms with Gasteiger partial charge < -0.3 is 20.3 Å². The summed E-state index contributed by atoms with van der Waals surface area (Å²) in [4.78, 5) is 37.4. The number of benzene rings is 2. The van der Waals surface area contributed by atoms with Crippen molar-refractivity contribution in [3.05, 3.63) is 53.6 Å². The van der Waals surface area contributed by atoms with Gasteiger partial charge in [-0.15, -0.1) is 0 Å². The number of hydrogen-bond acceptors (Lipinski definition) is 4. The molecule has 1 atom stereocenters. The standard InChI is InChI=1S/C20H20ClN3O4/c1-22-20(27)13-9-19(26)24(11-13)16-5-7-17(8-6-16)28-12-18(25)23-15-4-2-3-14(21)10-15/h2-8,10,13H,9,11-12H2,1H3,(H,22,27)(H,23,25). The summed E-state index contributed by atoms with van der Waals surface area (Å²) < 4.78 is 5.48. The van der Waals surface area contributed by atoms with Crippen LogP contribution in [0.1, 0.15) is 6.42 Å². The van der Waals surface area contributed by atoms with E-state index in [0.29, 0.717) is 28.7 Å². The Hall–Kier alpha value is -3.06. The molecule has 1 fully saturated rings. The summed E-state index contributed by atoms with van der Waals surface area (Å²) in [6.07, 6.45) is 0.196. The van der Waals surface area contributed by atoms with Crippen LogP contribution < -0.4 is 20.3 Å². The highest BCUT2D eigenvalue weighted by Gasteiger charge is 2.34. The van der Waals surface area contributed by atoms with Gasteiger partial charge in [-0.3, -0.25) is 14.4 Å². The largest absolute Gasteiger partial charge is 0.484 e. The predicted octanol–water partition coefficient (Wildman–Crippen LogP) is 2.46. The maximum Gasteiger partial charge on any atom is 0.262 e. The van der Waals surface area contributed by atoms with Crippen LogP contribution in [0.25, 0.3) is 0 Å². The zero-order valence-corrected chi connectivity index (χ0v) is 16.0. The molecular formula is C20H20ClN3O4.